The van der Waals surface area contributed by atoms with Gasteiger partial charge >= 0.3 is 0 Å². The van der Waals surface area contributed by atoms with E-state index in [9.17, 15) is 13.2 Å². The first kappa shape index (κ1) is 9.00. The minimum absolute atomic E-state index is 0.0351. The third-order valence-corrected chi connectivity index (χ3v) is 1.36. The smallest absolute Gasteiger partial charge is 0.0503 e. The second-order valence-corrected chi connectivity index (χ2v) is 2.44. The molecular formula is C4H9FNO2S-. The number of hydrogen-bond acceptors (Lipinski definition) is 2. The van der Waals surface area contributed by atoms with E-state index in [1.54, 1.807) is 0 Å². The second kappa shape index (κ2) is 4.84. The van der Waals surface area contributed by atoms with E-state index >= 15 is 0 Å². The Hall–Kier alpha value is -0.0000000000000000486. The minimum Gasteiger partial charge on any atom is -0.758 e. The van der Waals surface area contributed by atoms with E-state index in [-0.39, 0.29) is 11.1 Å². The van der Waals surface area contributed by atoms with E-state index < -0.39 is 11.3 Å². The predicted octanol–water partition coefficient (Wildman–Crippen LogP) is 0.767. The maximum absolute atomic E-state index is 11.9. The molecule has 1 atom stereocenters. The Kier molecular flexibility index (Phi) is 4.84. The molecule has 5 heteroatoms. The van der Waals surface area contributed by atoms with E-state index in [4.69, 9.17) is 0 Å². The highest BCUT2D eigenvalue weighted by molar-refractivity contribution is 7.76. The third kappa shape index (κ3) is 4.50. The zero-order valence-electron chi connectivity index (χ0n) is 5.17. The molecule has 0 saturated carbocycles. The van der Waals surface area contributed by atoms with Crippen molar-refractivity contribution in [2.75, 3.05) is 6.54 Å². The van der Waals surface area contributed by atoms with Gasteiger partial charge in [-0.3, -0.25) is 4.21 Å². The van der Waals surface area contributed by atoms with Gasteiger partial charge in [0.25, 0.3) is 0 Å². The summed E-state index contributed by atoms with van der Waals surface area (Å²) in [6.07, 6.45) is 1.35. The maximum atomic E-state index is 11.9. The molecule has 0 aliphatic rings. The molecule has 56 valence electrons. The summed E-state index contributed by atoms with van der Waals surface area (Å²) in [4.78, 5) is 0. The molecule has 0 aromatic heterocycles. The van der Waals surface area contributed by atoms with Crippen molar-refractivity contribution in [1.82, 2.24) is 4.53 Å². The highest BCUT2D eigenvalue weighted by Crippen LogP contribution is 1.96. The summed E-state index contributed by atoms with van der Waals surface area (Å²) in [5, 5.41) is 0. The number of nitrogens with zero attached hydrogens (tertiary/aromatic N) is 1. The van der Waals surface area contributed by atoms with Crippen molar-refractivity contribution in [3.63, 3.8) is 0 Å². The quantitative estimate of drug-likeness (QED) is 0.443. The van der Waals surface area contributed by atoms with Gasteiger partial charge in [-0.2, -0.15) is 0 Å². The normalized spacial score (nSPS) is 14.2. The first-order chi connectivity index (χ1) is 4.18. The highest BCUT2D eigenvalue weighted by atomic mass is 32.2. The van der Waals surface area contributed by atoms with Crippen molar-refractivity contribution in [2.45, 2.75) is 19.8 Å². The predicted molar refractivity (Wildman–Crippen MR) is 31.6 cm³/mol. The van der Waals surface area contributed by atoms with Crippen molar-refractivity contribution in [3.05, 3.63) is 0 Å². The lowest BCUT2D eigenvalue weighted by atomic mass is 10.3. The standard InChI is InChI=1S/C4H10FNO2S/c1-2-3-4-6(5)9(7)8/h2-4H2,1H3,(H,7,8)/p-1. The SMILES string of the molecule is CCCCN(F)S(=O)[O-]. The van der Waals surface area contributed by atoms with Crippen molar-refractivity contribution in [2.24, 2.45) is 0 Å². The number of rotatable bonds is 4. The van der Waals surface area contributed by atoms with Crippen LogP contribution < -0.4 is 0 Å². The van der Waals surface area contributed by atoms with Gasteiger partial charge < -0.3 is 4.55 Å². The molecule has 0 aliphatic heterocycles. The summed E-state index contributed by atoms with van der Waals surface area (Å²) >= 11 is -2.70. The van der Waals surface area contributed by atoms with Crippen LogP contribution in [0.5, 0.6) is 0 Å². The number of hydrogen-bond donors (Lipinski definition) is 0. The van der Waals surface area contributed by atoms with Gasteiger partial charge in [0.1, 0.15) is 0 Å². The van der Waals surface area contributed by atoms with Gasteiger partial charge in [0, 0.05) is 6.54 Å². The molecule has 0 aromatic rings. The van der Waals surface area contributed by atoms with Crippen molar-refractivity contribution in [1.29, 1.82) is 0 Å². The van der Waals surface area contributed by atoms with Crippen LogP contribution in [0.15, 0.2) is 0 Å². The zero-order valence-corrected chi connectivity index (χ0v) is 5.99. The molecule has 0 aliphatic carbocycles. The molecule has 0 saturated heterocycles. The Labute approximate surface area is 56.2 Å². The molecule has 0 amide bonds. The topological polar surface area (TPSA) is 43.4 Å². The van der Waals surface area contributed by atoms with Gasteiger partial charge in [-0.05, 0) is 6.42 Å². The fraction of sp³-hybridized carbons (Fsp3) is 1.00. The molecular weight excluding hydrogens is 145 g/mol. The average Bonchev–Trinajstić information content (AvgIpc) is 1.82. The molecule has 3 nitrogen and oxygen atoms in total. The fourth-order valence-corrected chi connectivity index (χ4v) is 0.635. The summed E-state index contributed by atoms with van der Waals surface area (Å²) in [6, 6.07) is 0. The van der Waals surface area contributed by atoms with E-state index in [0.717, 1.165) is 6.42 Å². The zero-order chi connectivity index (χ0) is 7.28. The molecule has 0 aromatic carbocycles. The van der Waals surface area contributed by atoms with Crippen LogP contribution in [0.1, 0.15) is 19.8 Å². The lowest BCUT2D eigenvalue weighted by Gasteiger charge is -2.12. The van der Waals surface area contributed by atoms with Crippen LogP contribution in [0, 0.1) is 0 Å². The van der Waals surface area contributed by atoms with Crippen LogP contribution in [-0.2, 0) is 11.3 Å². The summed E-state index contributed by atoms with van der Waals surface area (Å²) in [7, 11) is 0. The molecule has 0 N–H and O–H groups in total. The van der Waals surface area contributed by atoms with Gasteiger partial charge in [0.2, 0.25) is 0 Å². The first-order valence-electron chi connectivity index (χ1n) is 2.71. The Bertz CT molecular complexity index is 101. The van der Waals surface area contributed by atoms with Crippen molar-refractivity contribution < 1.29 is 13.2 Å². The average molecular weight is 154 g/mol. The van der Waals surface area contributed by atoms with E-state index in [2.05, 4.69) is 0 Å². The van der Waals surface area contributed by atoms with Gasteiger partial charge in [-0.15, -0.1) is 4.48 Å². The second-order valence-electron chi connectivity index (χ2n) is 1.61. The van der Waals surface area contributed by atoms with Crippen molar-refractivity contribution >= 4 is 11.3 Å². The minimum atomic E-state index is -2.70. The van der Waals surface area contributed by atoms with E-state index in [0.29, 0.717) is 6.42 Å². The van der Waals surface area contributed by atoms with Gasteiger partial charge in [0.15, 0.2) is 0 Å². The van der Waals surface area contributed by atoms with Gasteiger partial charge in [-0.25, -0.2) is 0 Å². The molecule has 0 bridgehead atoms. The summed E-state index contributed by atoms with van der Waals surface area (Å²) in [5.41, 5.74) is 0. The molecule has 0 radical (unpaired) electrons. The molecule has 1 unspecified atom stereocenters. The van der Waals surface area contributed by atoms with Crippen LogP contribution in [0.4, 0.5) is 4.48 Å². The number of unbranched alkanes of at least 4 members (excludes halogenated alkanes) is 1. The summed E-state index contributed by atoms with van der Waals surface area (Å²) in [5.74, 6) is 0. The van der Waals surface area contributed by atoms with E-state index in [1.165, 1.54) is 0 Å². The lowest BCUT2D eigenvalue weighted by Crippen LogP contribution is -2.16. The van der Waals surface area contributed by atoms with Crippen LogP contribution >= 0.6 is 0 Å². The molecule has 0 rings (SSSR count). The monoisotopic (exact) mass is 154 g/mol. The third-order valence-electron chi connectivity index (χ3n) is 0.849. The van der Waals surface area contributed by atoms with Crippen LogP contribution in [0.25, 0.3) is 0 Å². The Morgan fingerprint density at radius 2 is 2.33 bits per heavy atom. The molecule has 0 spiro atoms. The van der Waals surface area contributed by atoms with Crippen molar-refractivity contribution in [3.8, 4) is 0 Å². The van der Waals surface area contributed by atoms with Crippen LogP contribution in [0.2, 0.25) is 0 Å². The summed E-state index contributed by atoms with van der Waals surface area (Å²) in [6.45, 7) is 1.83. The largest absolute Gasteiger partial charge is 0.758 e. The summed E-state index contributed by atoms with van der Waals surface area (Å²) < 4.78 is 31.2. The van der Waals surface area contributed by atoms with E-state index in [1.807, 2.05) is 6.92 Å². The molecule has 0 heterocycles. The van der Waals surface area contributed by atoms with Gasteiger partial charge in [-0.1, -0.05) is 17.9 Å². The highest BCUT2D eigenvalue weighted by Gasteiger charge is 1.98. The Morgan fingerprint density at radius 3 is 2.67 bits per heavy atom. The van der Waals surface area contributed by atoms with Crippen LogP contribution in [0.3, 0.4) is 0 Å². The molecule has 0 fully saturated rings. The lowest BCUT2D eigenvalue weighted by molar-refractivity contribution is 0.132. The Balaban J connectivity index is 3.27. The van der Waals surface area contributed by atoms with Gasteiger partial charge in [0.05, 0.1) is 11.3 Å². The first-order valence-corrected chi connectivity index (χ1v) is 3.74. The number of halogens is 1. The van der Waals surface area contributed by atoms with Crippen LogP contribution in [-0.4, -0.2) is 19.8 Å². The fourth-order valence-electron chi connectivity index (χ4n) is 0.357. The maximum Gasteiger partial charge on any atom is 0.0503 e. The molecule has 9 heavy (non-hydrogen) atoms. The Morgan fingerprint density at radius 1 is 1.78 bits per heavy atom.